The number of nitrogens with zero attached hydrogens (tertiary/aromatic N) is 5. The zero-order valence-electron chi connectivity index (χ0n) is 18.8. The summed E-state index contributed by atoms with van der Waals surface area (Å²) in [5, 5.41) is 39.5. The third-order valence-electron chi connectivity index (χ3n) is 5.50. The number of rotatable bonds is 4. The van der Waals surface area contributed by atoms with Crippen LogP contribution in [-0.4, -0.2) is 21.5 Å². The molecule has 0 spiro atoms. The van der Waals surface area contributed by atoms with Crippen molar-refractivity contribution in [2.24, 2.45) is 0 Å². The number of hydrogen-bond acceptors (Lipinski definition) is 11. The van der Waals surface area contributed by atoms with Crippen LogP contribution in [-0.2, 0) is 5.41 Å². The lowest BCUT2D eigenvalue weighted by atomic mass is 9.78. The Kier molecular flexibility index (Phi) is 7.98. The van der Waals surface area contributed by atoms with Crippen molar-refractivity contribution in [3.8, 4) is 24.3 Å². The molecule has 4 heterocycles. The van der Waals surface area contributed by atoms with Crippen LogP contribution in [0.1, 0.15) is 28.6 Å². The summed E-state index contributed by atoms with van der Waals surface area (Å²) in [6.45, 7) is 0. The van der Waals surface area contributed by atoms with Gasteiger partial charge in [-0.1, -0.05) is 47.0 Å². The molecule has 3 aliphatic heterocycles. The van der Waals surface area contributed by atoms with Crippen LogP contribution in [0.2, 0.25) is 0 Å². The fourth-order valence-electron chi connectivity index (χ4n) is 3.67. The molecule has 5 rings (SSSR count). The van der Waals surface area contributed by atoms with Gasteiger partial charge in [-0.15, -0.1) is 23.5 Å². The predicted molar refractivity (Wildman–Crippen MR) is 148 cm³/mol. The number of benzene rings is 1. The van der Waals surface area contributed by atoms with Gasteiger partial charge >= 0.3 is 0 Å². The van der Waals surface area contributed by atoms with Crippen LogP contribution in [0.25, 0.3) is 4.91 Å². The highest BCUT2D eigenvalue weighted by Crippen LogP contribution is 2.64. The Morgan fingerprint density at radius 2 is 1.41 bits per heavy atom. The Bertz CT molecular complexity index is 1610. The number of aromatic amines is 1. The fourth-order valence-corrected chi connectivity index (χ4v) is 12.2. The monoisotopic (exact) mass is 636 g/mol. The van der Waals surface area contributed by atoms with Gasteiger partial charge in [0.25, 0.3) is 0 Å². The Balaban J connectivity index is 1.50. The molecule has 0 aliphatic carbocycles. The smallest absolute Gasteiger partial charge is 0.215 e. The molecular weight excluding hydrogens is 629 g/mol. The van der Waals surface area contributed by atoms with Crippen LogP contribution in [0.3, 0.4) is 0 Å². The molecule has 6 nitrogen and oxygen atoms in total. The predicted octanol–water partition coefficient (Wildman–Crippen LogP) is 7.42. The molecule has 0 bridgehead atoms. The van der Waals surface area contributed by atoms with Gasteiger partial charge in [-0.05, 0) is 5.41 Å². The van der Waals surface area contributed by atoms with Gasteiger partial charge in [0, 0.05) is 11.5 Å². The van der Waals surface area contributed by atoms with E-state index in [-0.39, 0.29) is 5.82 Å². The highest BCUT2D eigenvalue weighted by molar-refractivity contribution is 8.43. The topological polar surface area (TPSA) is 124 Å². The molecule has 1 aromatic carbocycles. The summed E-state index contributed by atoms with van der Waals surface area (Å²) in [5.41, 5.74) is -6.21. The average molecular weight is 637 g/mol. The second-order valence-electron chi connectivity index (χ2n) is 7.61. The second-order valence-corrected chi connectivity index (χ2v) is 14.8. The molecule has 3 aliphatic rings. The van der Waals surface area contributed by atoms with E-state index in [1.165, 1.54) is 56.3 Å². The maximum absolute atomic E-state index is 15.2. The molecule has 0 fully saturated rings. The lowest BCUT2D eigenvalue weighted by molar-refractivity contribution is 0.418. The normalized spacial score (nSPS) is 17.0. The number of halogens is 4. The van der Waals surface area contributed by atoms with Crippen LogP contribution in [0, 0.1) is 68.6 Å². The first-order valence-corrected chi connectivity index (χ1v) is 15.8. The molecule has 0 atom stereocenters. The Morgan fingerprint density at radius 1 is 0.821 bits per heavy atom. The highest BCUT2D eigenvalue weighted by Gasteiger charge is 2.46. The van der Waals surface area contributed by atoms with E-state index in [1.54, 1.807) is 28.9 Å². The minimum absolute atomic E-state index is 0.190. The number of nitrogens with one attached hydrogen (secondary N) is 1. The SMILES string of the molecule is N#CC(C#N)c1c(F)c(F)c(C(C#N)(C#N)c2cnc(C3=CSC(=C4SC5=C(SCCS5)S4)S3)[nH]2)c(F)c1F. The molecule has 1 aromatic heterocycles. The van der Waals surface area contributed by atoms with E-state index in [9.17, 15) is 19.3 Å². The highest BCUT2D eigenvalue weighted by atomic mass is 32.3. The van der Waals surface area contributed by atoms with Crippen LogP contribution in [0.15, 0.2) is 28.6 Å². The van der Waals surface area contributed by atoms with E-state index in [1.807, 2.05) is 23.5 Å². The number of H-pyrrole nitrogens is 1. The fraction of sp³-hybridized carbons (Fsp3) is 0.174. The summed E-state index contributed by atoms with van der Waals surface area (Å²) in [6, 6.07) is 5.43. The minimum atomic E-state index is -2.86. The van der Waals surface area contributed by atoms with E-state index in [2.05, 4.69) is 9.97 Å². The number of hydrogen-bond donors (Lipinski definition) is 1. The Labute approximate surface area is 244 Å². The third-order valence-corrected chi connectivity index (χ3v) is 14.2. The van der Waals surface area contributed by atoms with Crippen molar-refractivity contribution in [3.05, 3.63) is 74.5 Å². The number of thioether (sulfide) groups is 6. The molecule has 39 heavy (non-hydrogen) atoms. The molecule has 194 valence electrons. The lowest BCUT2D eigenvalue weighted by Crippen LogP contribution is -2.29. The van der Waals surface area contributed by atoms with Crippen molar-refractivity contribution in [1.29, 1.82) is 21.0 Å². The summed E-state index contributed by atoms with van der Waals surface area (Å²) in [7, 11) is 0. The number of aromatic nitrogens is 2. The summed E-state index contributed by atoms with van der Waals surface area (Å²) in [5.74, 6) is -8.05. The first-order chi connectivity index (χ1) is 18.8. The first-order valence-electron chi connectivity index (χ1n) is 10.5. The van der Waals surface area contributed by atoms with E-state index in [0.717, 1.165) is 26.2 Å². The first kappa shape index (κ1) is 28.0. The molecule has 0 unspecified atom stereocenters. The van der Waals surface area contributed by atoms with Gasteiger partial charge in [0.05, 0.1) is 69.1 Å². The van der Waals surface area contributed by atoms with Crippen molar-refractivity contribution in [2.75, 3.05) is 11.5 Å². The number of imidazole rings is 1. The molecular formula is C23H8F4N6S6. The number of nitriles is 4. The Hall–Kier alpha value is -2.57. The van der Waals surface area contributed by atoms with Crippen LogP contribution >= 0.6 is 70.6 Å². The van der Waals surface area contributed by atoms with E-state index < -0.39 is 51.4 Å². The largest absolute Gasteiger partial charge is 0.339 e. The standard InChI is InChI=1S/C23H8F4N6S6/c24-14-12(9(3-28)4-29)15(25)17(27)13(16(14)26)23(7-30,8-31)11-5-32-18(33-11)10-6-36-21(37-10)22-38-19-20(39-22)35-2-1-34-19/h5-6,9H,1-2H2,(H,32,33). The van der Waals surface area contributed by atoms with E-state index >= 15 is 8.78 Å². The van der Waals surface area contributed by atoms with Crippen molar-refractivity contribution in [3.63, 3.8) is 0 Å². The average Bonchev–Trinajstić information content (AvgIpc) is 3.72. The molecule has 0 saturated heterocycles. The van der Waals surface area contributed by atoms with Gasteiger partial charge in [0.1, 0.15) is 5.82 Å². The van der Waals surface area contributed by atoms with Gasteiger partial charge in [-0.2, -0.15) is 21.0 Å². The van der Waals surface area contributed by atoms with Crippen LogP contribution in [0.4, 0.5) is 17.6 Å². The van der Waals surface area contributed by atoms with Gasteiger partial charge in [-0.25, -0.2) is 22.5 Å². The van der Waals surface area contributed by atoms with Crippen LogP contribution in [0.5, 0.6) is 0 Å². The van der Waals surface area contributed by atoms with Gasteiger partial charge in [0.15, 0.2) is 29.2 Å². The summed E-state index contributed by atoms with van der Waals surface area (Å²) >= 11 is 9.87. The minimum Gasteiger partial charge on any atom is -0.339 e. The molecule has 0 saturated carbocycles. The van der Waals surface area contributed by atoms with E-state index in [4.69, 9.17) is 10.5 Å². The maximum atomic E-state index is 15.2. The summed E-state index contributed by atoms with van der Waals surface area (Å²) in [4.78, 5) is 7.49. The van der Waals surface area contributed by atoms with Gasteiger partial charge in [-0.3, -0.25) is 0 Å². The van der Waals surface area contributed by atoms with E-state index in [0.29, 0.717) is 4.91 Å². The lowest BCUT2D eigenvalue weighted by Gasteiger charge is -2.21. The van der Waals surface area contributed by atoms with Gasteiger partial charge < -0.3 is 4.98 Å². The van der Waals surface area contributed by atoms with Crippen molar-refractivity contribution in [1.82, 2.24) is 9.97 Å². The summed E-state index contributed by atoms with van der Waals surface area (Å²) < 4.78 is 64.7. The third kappa shape index (κ3) is 4.63. The summed E-state index contributed by atoms with van der Waals surface area (Å²) in [6.07, 6.45) is 1.00. The Morgan fingerprint density at radius 3 is 1.95 bits per heavy atom. The molecule has 1 N–H and O–H groups in total. The molecule has 16 heteroatoms. The van der Waals surface area contributed by atoms with Crippen molar-refractivity contribution in [2.45, 2.75) is 11.3 Å². The quantitative estimate of drug-likeness (QED) is 0.266. The zero-order valence-corrected chi connectivity index (χ0v) is 23.7. The maximum Gasteiger partial charge on any atom is 0.215 e. The molecule has 0 amide bonds. The van der Waals surface area contributed by atoms with Crippen molar-refractivity contribution >= 4 is 75.5 Å². The van der Waals surface area contributed by atoms with Gasteiger partial charge in [0.2, 0.25) is 5.41 Å². The van der Waals surface area contributed by atoms with Crippen molar-refractivity contribution < 1.29 is 17.6 Å². The molecule has 2 aromatic rings. The zero-order chi connectivity index (χ0) is 27.9. The second kappa shape index (κ2) is 11.1. The van der Waals surface area contributed by atoms with Crippen LogP contribution < -0.4 is 0 Å². The molecule has 0 radical (unpaired) electrons.